The van der Waals surface area contributed by atoms with E-state index in [2.05, 4.69) is 14.5 Å². The molecule has 0 radical (unpaired) electrons. The predicted molar refractivity (Wildman–Crippen MR) is 90.1 cm³/mol. The molecule has 0 saturated carbocycles. The van der Waals surface area contributed by atoms with Crippen molar-refractivity contribution in [2.45, 2.75) is 23.7 Å². The molecule has 1 aromatic heterocycles. The maximum atomic E-state index is 12.4. The average Bonchev–Trinajstić information content (AvgIpc) is 3.00. The van der Waals surface area contributed by atoms with E-state index >= 15 is 0 Å². The largest absolute Gasteiger partial charge is 0.338 e. The normalized spacial score (nSPS) is 19.8. The van der Waals surface area contributed by atoms with Gasteiger partial charge in [-0.2, -0.15) is 0 Å². The molecular weight excluding hydrogens is 310 g/mol. The first-order chi connectivity index (χ1) is 11.1. The van der Waals surface area contributed by atoms with Crippen LogP contribution in [0.15, 0.2) is 47.6 Å². The van der Waals surface area contributed by atoms with Crippen molar-refractivity contribution < 1.29 is 8.42 Å². The molecule has 2 aromatic rings. The van der Waals surface area contributed by atoms with E-state index < -0.39 is 9.84 Å². The highest BCUT2D eigenvalue weighted by Crippen LogP contribution is 2.25. The number of nitrogens with zero attached hydrogens (tertiary/aromatic N) is 3. The Morgan fingerprint density at radius 3 is 2.74 bits per heavy atom. The molecule has 0 bridgehead atoms. The predicted octanol–water partition coefficient (Wildman–Crippen LogP) is 2.07. The van der Waals surface area contributed by atoms with E-state index in [9.17, 15) is 8.42 Å². The fourth-order valence-corrected chi connectivity index (χ4v) is 4.54. The van der Waals surface area contributed by atoms with Crippen LogP contribution in [0.5, 0.6) is 0 Å². The number of piperidine rings is 1. The Bertz CT molecular complexity index is 740. The average molecular weight is 333 g/mol. The van der Waals surface area contributed by atoms with Gasteiger partial charge < -0.3 is 9.47 Å². The second kappa shape index (κ2) is 6.84. The molecule has 23 heavy (non-hydrogen) atoms. The third kappa shape index (κ3) is 3.82. The van der Waals surface area contributed by atoms with Crippen molar-refractivity contribution in [2.24, 2.45) is 7.05 Å². The maximum Gasteiger partial charge on any atom is 0.179 e. The fourth-order valence-electron chi connectivity index (χ4n) is 3.23. The third-order valence-electron chi connectivity index (χ3n) is 4.51. The van der Waals surface area contributed by atoms with E-state index in [-0.39, 0.29) is 5.75 Å². The van der Waals surface area contributed by atoms with Crippen LogP contribution in [0.25, 0.3) is 0 Å². The monoisotopic (exact) mass is 333 g/mol. The van der Waals surface area contributed by atoms with E-state index in [1.165, 1.54) is 0 Å². The molecule has 1 atom stereocenters. The van der Waals surface area contributed by atoms with Gasteiger partial charge >= 0.3 is 0 Å². The van der Waals surface area contributed by atoms with Crippen LogP contribution in [0.1, 0.15) is 24.6 Å². The van der Waals surface area contributed by atoms with E-state index in [1.54, 1.807) is 24.3 Å². The van der Waals surface area contributed by atoms with E-state index in [4.69, 9.17) is 0 Å². The van der Waals surface area contributed by atoms with E-state index in [1.807, 2.05) is 25.5 Å². The minimum atomic E-state index is -3.20. The van der Waals surface area contributed by atoms with Gasteiger partial charge in [-0.3, -0.25) is 0 Å². The Kier molecular flexibility index (Phi) is 4.82. The second-order valence-corrected chi connectivity index (χ2v) is 8.28. The Morgan fingerprint density at radius 1 is 1.26 bits per heavy atom. The number of imidazole rings is 1. The lowest BCUT2D eigenvalue weighted by Gasteiger charge is -2.32. The third-order valence-corrected chi connectivity index (χ3v) is 6.22. The Balaban J connectivity index is 1.61. The van der Waals surface area contributed by atoms with Crippen molar-refractivity contribution in [2.75, 3.05) is 25.4 Å². The van der Waals surface area contributed by atoms with Crippen molar-refractivity contribution in [3.63, 3.8) is 0 Å². The summed E-state index contributed by atoms with van der Waals surface area (Å²) in [5.41, 5.74) is 0. The molecule has 0 unspecified atom stereocenters. The summed E-state index contributed by atoms with van der Waals surface area (Å²) < 4.78 is 26.9. The van der Waals surface area contributed by atoms with Crippen LogP contribution in [-0.2, 0) is 16.9 Å². The topological polar surface area (TPSA) is 55.2 Å². The lowest BCUT2D eigenvalue weighted by Crippen LogP contribution is -2.38. The zero-order valence-corrected chi connectivity index (χ0v) is 14.2. The molecule has 0 amide bonds. The zero-order chi connectivity index (χ0) is 16.3. The smallest absolute Gasteiger partial charge is 0.179 e. The van der Waals surface area contributed by atoms with Gasteiger partial charge in [0, 0.05) is 38.4 Å². The van der Waals surface area contributed by atoms with Gasteiger partial charge in [0.1, 0.15) is 5.82 Å². The number of hydrogen-bond acceptors (Lipinski definition) is 4. The minimum Gasteiger partial charge on any atom is -0.338 e. The highest BCUT2D eigenvalue weighted by atomic mass is 32.2. The minimum absolute atomic E-state index is 0.171. The summed E-state index contributed by atoms with van der Waals surface area (Å²) in [5, 5.41) is 0. The molecule has 0 aliphatic carbocycles. The van der Waals surface area contributed by atoms with Gasteiger partial charge in [0.25, 0.3) is 0 Å². The Hall–Kier alpha value is -1.66. The van der Waals surface area contributed by atoms with Crippen molar-refractivity contribution in [1.29, 1.82) is 0 Å². The standard InChI is InChI=1S/C17H23N3O2S/c1-19-11-9-18-17(19)15-6-5-10-20(14-15)12-13-23(21,22)16-7-3-2-4-8-16/h2-4,7-9,11,15H,5-6,10,12-14H2,1H3/t15-/m0/s1. The van der Waals surface area contributed by atoms with Crippen LogP contribution in [0.3, 0.4) is 0 Å². The number of rotatable bonds is 5. The van der Waals surface area contributed by atoms with Gasteiger partial charge in [0.05, 0.1) is 10.6 Å². The molecule has 1 saturated heterocycles. The summed E-state index contributed by atoms with van der Waals surface area (Å²) in [6.45, 7) is 2.43. The first kappa shape index (κ1) is 16.2. The highest BCUT2D eigenvalue weighted by Gasteiger charge is 2.25. The SMILES string of the molecule is Cn1ccnc1[C@H]1CCCN(CCS(=O)(=O)c2ccccc2)C1. The number of aromatic nitrogens is 2. The molecule has 3 rings (SSSR count). The lowest BCUT2D eigenvalue weighted by molar-refractivity contribution is 0.213. The molecule has 1 aliphatic heterocycles. The fraction of sp³-hybridized carbons (Fsp3) is 0.471. The summed E-state index contributed by atoms with van der Waals surface area (Å²) in [6, 6.07) is 8.71. The Labute approximate surface area is 137 Å². The van der Waals surface area contributed by atoms with Crippen LogP contribution < -0.4 is 0 Å². The summed E-state index contributed by atoms with van der Waals surface area (Å²) >= 11 is 0. The van der Waals surface area contributed by atoms with Crippen molar-refractivity contribution in [3.8, 4) is 0 Å². The molecule has 1 aromatic carbocycles. The van der Waals surface area contributed by atoms with Gasteiger partial charge in [0.15, 0.2) is 9.84 Å². The van der Waals surface area contributed by atoms with E-state index in [0.717, 1.165) is 31.8 Å². The Morgan fingerprint density at radius 2 is 2.04 bits per heavy atom. The number of sulfone groups is 1. The lowest BCUT2D eigenvalue weighted by atomic mass is 9.97. The summed E-state index contributed by atoms with van der Waals surface area (Å²) in [4.78, 5) is 7.12. The van der Waals surface area contributed by atoms with Crippen LogP contribution in [0, 0.1) is 0 Å². The number of hydrogen-bond donors (Lipinski definition) is 0. The molecule has 0 spiro atoms. The summed E-state index contributed by atoms with van der Waals surface area (Å²) in [7, 11) is -1.19. The quantitative estimate of drug-likeness (QED) is 0.840. The van der Waals surface area contributed by atoms with Crippen LogP contribution >= 0.6 is 0 Å². The van der Waals surface area contributed by atoms with Gasteiger partial charge in [-0.05, 0) is 31.5 Å². The molecular formula is C17H23N3O2S. The van der Waals surface area contributed by atoms with Crippen molar-refractivity contribution in [3.05, 3.63) is 48.5 Å². The number of benzene rings is 1. The zero-order valence-electron chi connectivity index (χ0n) is 13.4. The summed E-state index contributed by atoms with van der Waals surface area (Å²) in [5.74, 6) is 1.66. The summed E-state index contributed by atoms with van der Waals surface area (Å²) in [6.07, 6.45) is 6.00. The molecule has 6 heteroatoms. The van der Waals surface area contributed by atoms with Gasteiger partial charge in [0.2, 0.25) is 0 Å². The van der Waals surface area contributed by atoms with E-state index in [0.29, 0.717) is 17.4 Å². The van der Waals surface area contributed by atoms with Crippen molar-refractivity contribution >= 4 is 9.84 Å². The highest BCUT2D eigenvalue weighted by molar-refractivity contribution is 7.91. The van der Waals surface area contributed by atoms with Crippen LogP contribution in [0.2, 0.25) is 0 Å². The molecule has 124 valence electrons. The maximum absolute atomic E-state index is 12.4. The molecule has 5 nitrogen and oxygen atoms in total. The molecule has 2 heterocycles. The van der Waals surface area contributed by atoms with Crippen molar-refractivity contribution in [1.82, 2.24) is 14.5 Å². The second-order valence-electron chi connectivity index (χ2n) is 6.17. The van der Waals surface area contributed by atoms with Crippen LogP contribution in [0.4, 0.5) is 0 Å². The molecule has 0 N–H and O–H groups in total. The van der Waals surface area contributed by atoms with Gasteiger partial charge in [-0.25, -0.2) is 13.4 Å². The molecule has 1 fully saturated rings. The molecule has 1 aliphatic rings. The number of likely N-dealkylation sites (tertiary alicyclic amines) is 1. The van der Waals surface area contributed by atoms with Gasteiger partial charge in [-0.15, -0.1) is 0 Å². The number of aryl methyl sites for hydroxylation is 1. The van der Waals surface area contributed by atoms with Crippen LogP contribution in [-0.4, -0.2) is 48.3 Å². The first-order valence-electron chi connectivity index (χ1n) is 8.03. The van der Waals surface area contributed by atoms with Gasteiger partial charge in [-0.1, -0.05) is 18.2 Å². The first-order valence-corrected chi connectivity index (χ1v) is 9.69.